The molecule has 1 heterocycles. The highest BCUT2D eigenvalue weighted by Gasteiger charge is 2.33. The fourth-order valence-corrected chi connectivity index (χ4v) is 3.96. The Labute approximate surface area is 204 Å². The first-order valence-electron chi connectivity index (χ1n) is 9.68. The van der Waals surface area contributed by atoms with E-state index in [4.69, 9.17) is 23.7 Å². The van der Waals surface area contributed by atoms with E-state index in [0.717, 1.165) is 29.8 Å². The SMILES string of the molecule is COc1cc(CC2=[N+](C)CCc3cc(OC)c(OC)c(OC)c32)c([N+](=O)[O-])cc1OC.[I-]. The van der Waals surface area contributed by atoms with Gasteiger partial charge in [0, 0.05) is 12.0 Å². The molecule has 2 aromatic rings. The summed E-state index contributed by atoms with van der Waals surface area (Å²) in [7, 11) is 9.62. The fraction of sp³-hybridized carbons (Fsp3) is 0.409. The number of rotatable bonds is 8. The second kappa shape index (κ2) is 10.7. The van der Waals surface area contributed by atoms with Crippen molar-refractivity contribution in [1.29, 1.82) is 0 Å². The number of halogens is 1. The van der Waals surface area contributed by atoms with Crippen molar-refractivity contribution in [3.63, 3.8) is 0 Å². The molecule has 0 N–H and O–H groups in total. The molecule has 1 aliphatic heterocycles. The van der Waals surface area contributed by atoms with Gasteiger partial charge < -0.3 is 47.7 Å². The van der Waals surface area contributed by atoms with E-state index >= 15 is 0 Å². The van der Waals surface area contributed by atoms with Crippen LogP contribution in [0.5, 0.6) is 28.7 Å². The summed E-state index contributed by atoms with van der Waals surface area (Å²) in [6, 6.07) is 4.98. The van der Waals surface area contributed by atoms with E-state index in [2.05, 4.69) is 4.58 Å². The summed E-state index contributed by atoms with van der Waals surface area (Å²) in [5.41, 5.74) is 3.25. The zero-order chi connectivity index (χ0) is 22.7. The monoisotopic (exact) mass is 558 g/mol. The van der Waals surface area contributed by atoms with Crippen molar-refractivity contribution < 1.29 is 57.2 Å². The molecule has 0 radical (unpaired) electrons. The molecular weight excluding hydrogens is 531 g/mol. The predicted octanol–water partition coefficient (Wildman–Crippen LogP) is -0.128. The minimum absolute atomic E-state index is 0. The molecule has 2 aromatic carbocycles. The van der Waals surface area contributed by atoms with Crippen molar-refractivity contribution in [2.75, 3.05) is 49.1 Å². The molecule has 174 valence electrons. The number of nitrogens with zero attached hydrogens (tertiary/aromatic N) is 2. The molecule has 10 heteroatoms. The van der Waals surface area contributed by atoms with Crippen LogP contribution in [-0.4, -0.2) is 64.4 Å². The van der Waals surface area contributed by atoms with Gasteiger partial charge >= 0.3 is 0 Å². The number of hydrogen-bond donors (Lipinski definition) is 0. The van der Waals surface area contributed by atoms with Gasteiger partial charge in [-0.15, -0.1) is 0 Å². The first-order valence-corrected chi connectivity index (χ1v) is 9.68. The van der Waals surface area contributed by atoms with Gasteiger partial charge in [0.05, 0.1) is 58.5 Å². The molecular formula is C22H27IN2O7. The normalized spacial score (nSPS) is 12.4. The number of benzene rings is 2. The average molecular weight is 558 g/mol. The molecule has 0 aliphatic carbocycles. The number of likely N-dealkylation sites (N-methyl/N-ethyl adjacent to an activating group) is 1. The number of fused-ring (bicyclic) bond motifs is 1. The Kier molecular flexibility index (Phi) is 8.53. The number of methoxy groups -OCH3 is 5. The molecule has 0 saturated carbocycles. The van der Waals surface area contributed by atoms with Crippen molar-refractivity contribution in [3.05, 3.63) is 45.0 Å². The Bertz CT molecular complexity index is 1050. The van der Waals surface area contributed by atoms with Gasteiger partial charge in [-0.25, -0.2) is 4.58 Å². The van der Waals surface area contributed by atoms with Crippen LogP contribution < -0.4 is 47.7 Å². The minimum atomic E-state index is -0.409. The smallest absolute Gasteiger partial charge is 0.277 e. The molecule has 1 aliphatic rings. The predicted molar refractivity (Wildman–Crippen MR) is 115 cm³/mol. The maximum Gasteiger partial charge on any atom is 0.277 e. The topological polar surface area (TPSA) is 92.3 Å². The van der Waals surface area contributed by atoms with E-state index in [1.807, 2.05) is 13.1 Å². The molecule has 0 fully saturated rings. The van der Waals surface area contributed by atoms with Crippen LogP contribution in [0.3, 0.4) is 0 Å². The number of nitro groups is 1. The second-order valence-corrected chi connectivity index (χ2v) is 7.07. The van der Waals surface area contributed by atoms with Crippen molar-refractivity contribution in [2.24, 2.45) is 0 Å². The van der Waals surface area contributed by atoms with Crippen LogP contribution in [0.1, 0.15) is 16.7 Å². The van der Waals surface area contributed by atoms with Crippen molar-refractivity contribution in [3.8, 4) is 28.7 Å². The zero-order valence-electron chi connectivity index (χ0n) is 19.0. The van der Waals surface area contributed by atoms with Crippen LogP contribution in [0.25, 0.3) is 0 Å². The Morgan fingerprint density at radius 1 is 0.906 bits per heavy atom. The summed E-state index contributed by atoms with van der Waals surface area (Å²) in [6.07, 6.45) is 1.08. The van der Waals surface area contributed by atoms with Gasteiger partial charge in [-0.3, -0.25) is 10.1 Å². The third-order valence-electron chi connectivity index (χ3n) is 5.52. The van der Waals surface area contributed by atoms with Crippen LogP contribution in [0.2, 0.25) is 0 Å². The van der Waals surface area contributed by atoms with Crippen LogP contribution in [-0.2, 0) is 12.8 Å². The van der Waals surface area contributed by atoms with E-state index < -0.39 is 4.92 Å². The second-order valence-electron chi connectivity index (χ2n) is 7.07. The number of nitro benzene ring substituents is 1. The van der Waals surface area contributed by atoms with Crippen molar-refractivity contribution in [1.82, 2.24) is 0 Å². The van der Waals surface area contributed by atoms with Gasteiger partial charge in [0.25, 0.3) is 5.69 Å². The first-order chi connectivity index (χ1) is 14.9. The van der Waals surface area contributed by atoms with E-state index in [0.29, 0.717) is 40.7 Å². The first kappa shape index (κ1) is 25.5. The summed E-state index contributed by atoms with van der Waals surface area (Å²) < 4.78 is 29.5. The number of ether oxygens (including phenoxy) is 5. The maximum absolute atomic E-state index is 11.8. The summed E-state index contributed by atoms with van der Waals surface area (Å²) >= 11 is 0. The summed E-state index contributed by atoms with van der Waals surface area (Å²) in [5.74, 6) is 2.35. The summed E-state index contributed by atoms with van der Waals surface area (Å²) in [4.78, 5) is 11.4. The van der Waals surface area contributed by atoms with Gasteiger partial charge in [-0.2, -0.15) is 0 Å². The Morgan fingerprint density at radius 3 is 2.03 bits per heavy atom. The quantitative estimate of drug-likeness (QED) is 0.193. The third kappa shape index (κ3) is 4.54. The lowest BCUT2D eigenvalue weighted by Crippen LogP contribution is -3.00. The lowest BCUT2D eigenvalue weighted by Gasteiger charge is -2.23. The van der Waals surface area contributed by atoms with Gasteiger partial charge in [0.15, 0.2) is 28.7 Å². The molecule has 0 bridgehead atoms. The van der Waals surface area contributed by atoms with E-state index in [9.17, 15) is 10.1 Å². The van der Waals surface area contributed by atoms with Gasteiger partial charge in [-0.1, -0.05) is 0 Å². The van der Waals surface area contributed by atoms with Crippen LogP contribution in [0.15, 0.2) is 18.2 Å². The van der Waals surface area contributed by atoms with Gasteiger partial charge in [0.2, 0.25) is 5.75 Å². The molecule has 0 atom stereocenters. The molecule has 0 spiro atoms. The molecule has 32 heavy (non-hydrogen) atoms. The van der Waals surface area contributed by atoms with Gasteiger partial charge in [0.1, 0.15) is 13.6 Å². The largest absolute Gasteiger partial charge is 1.00 e. The lowest BCUT2D eigenvalue weighted by molar-refractivity contribution is -0.499. The molecule has 0 saturated heterocycles. The fourth-order valence-electron chi connectivity index (χ4n) is 3.96. The van der Waals surface area contributed by atoms with Gasteiger partial charge in [-0.05, 0) is 17.7 Å². The molecule has 9 nitrogen and oxygen atoms in total. The Morgan fingerprint density at radius 2 is 1.50 bits per heavy atom. The molecule has 0 unspecified atom stereocenters. The van der Waals surface area contributed by atoms with E-state index in [1.54, 1.807) is 27.4 Å². The van der Waals surface area contributed by atoms with Crippen molar-refractivity contribution >= 4 is 11.4 Å². The van der Waals surface area contributed by atoms with E-state index in [-0.39, 0.29) is 29.7 Å². The highest BCUT2D eigenvalue weighted by molar-refractivity contribution is 6.04. The summed E-state index contributed by atoms with van der Waals surface area (Å²) in [6.45, 7) is 0.752. The van der Waals surface area contributed by atoms with Crippen LogP contribution in [0, 0.1) is 10.1 Å². The van der Waals surface area contributed by atoms with E-state index in [1.165, 1.54) is 20.3 Å². The maximum atomic E-state index is 11.8. The average Bonchev–Trinajstić information content (AvgIpc) is 2.78. The van der Waals surface area contributed by atoms with Crippen LogP contribution in [0.4, 0.5) is 5.69 Å². The van der Waals surface area contributed by atoms with Crippen molar-refractivity contribution in [2.45, 2.75) is 12.8 Å². The highest BCUT2D eigenvalue weighted by Crippen LogP contribution is 2.44. The lowest BCUT2D eigenvalue weighted by atomic mass is 9.90. The standard InChI is InChI=1S/C22H27N2O7.HI/c1-23-8-7-13-10-19(29-4)21(30-5)22(31-6)20(13)16(23)9-14-11-17(27-2)18(28-3)12-15(14)24(25)26;/h10-12H,7-9H2,1-6H3;1H/q+1;/p-1. The molecule has 0 amide bonds. The molecule has 3 rings (SSSR count). The zero-order valence-corrected chi connectivity index (χ0v) is 21.1. The Balaban J connectivity index is 0.00000363. The molecule has 0 aromatic heterocycles. The minimum Gasteiger partial charge on any atom is -1.00 e. The highest BCUT2D eigenvalue weighted by atomic mass is 127. The third-order valence-corrected chi connectivity index (χ3v) is 5.52. The Hall–Kier alpha value is -2.76. The summed E-state index contributed by atoms with van der Waals surface area (Å²) in [5, 5.41) is 11.8. The number of hydrogen-bond acceptors (Lipinski definition) is 7. The van der Waals surface area contributed by atoms with Crippen LogP contribution >= 0.6 is 0 Å².